The number of carbonyl (C=O) groups excluding carboxylic acids is 1. The maximum absolute atomic E-state index is 12.2. The largest absolute Gasteiger partial charge is 0.352 e. The average molecular weight is 399 g/mol. The van der Waals surface area contributed by atoms with Gasteiger partial charge in [-0.25, -0.2) is 13.1 Å². The highest BCUT2D eigenvalue weighted by molar-refractivity contribution is 7.89. The van der Waals surface area contributed by atoms with Crippen LogP contribution in [0.5, 0.6) is 0 Å². The molecule has 1 saturated carbocycles. The summed E-state index contributed by atoms with van der Waals surface area (Å²) in [4.78, 5) is 12.4. The minimum Gasteiger partial charge on any atom is -0.352 e. The van der Waals surface area contributed by atoms with Gasteiger partial charge in [-0.15, -0.1) is 0 Å². The topological polar surface area (TPSA) is 75.3 Å². The molecule has 1 aliphatic rings. The molecule has 2 N–H and O–H groups in total. The summed E-state index contributed by atoms with van der Waals surface area (Å²) in [6.45, 7) is 4.69. The van der Waals surface area contributed by atoms with E-state index in [1.54, 1.807) is 30.3 Å². The van der Waals surface area contributed by atoms with Crippen molar-refractivity contribution in [1.29, 1.82) is 0 Å². The molecule has 1 fully saturated rings. The maximum atomic E-state index is 12.2. The van der Waals surface area contributed by atoms with E-state index in [9.17, 15) is 13.2 Å². The normalized spacial score (nSPS) is 14.9. The van der Waals surface area contributed by atoms with E-state index >= 15 is 0 Å². The van der Waals surface area contributed by atoms with E-state index in [0.717, 1.165) is 24.0 Å². The second-order valence-electron chi connectivity index (χ2n) is 7.77. The standard InChI is InChI=1S/C22H26N2O3S/c1-22(2,18-6-4-3-5-7-18)16-23-21(25)15-10-17-8-13-20(14-9-17)28(26,27)24-19-11-12-19/h3-10,13-15,19,24H,11-12,16H2,1-2H3,(H,23,25)/b15-10+. The van der Waals surface area contributed by atoms with Crippen LogP contribution in [0.4, 0.5) is 0 Å². The Morgan fingerprint density at radius 3 is 2.32 bits per heavy atom. The van der Waals surface area contributed by atoms with Gasteiger partial charge in [0, 0.05) is 24.1 Å². The Bertz CT molecular complexity index is 945. The summed E-state index contributed by atoms with van der Waals surface area (Å²) in [6, 6.07) is 16.6. The van der Waals surface area contributed by atoms with Gasteiger partial charge < -0.3 is 5.32 Å². The average Bonchev–Trinajstić information content (AvgIpc) is 3.49. The van der Waals surface area contributed by atoms with E-state index in [4.69, 9.17) is 0 Å². The Morgan fingerprint density at radius 2 is 1.71 bits per heavy atom. The monoisotopic (exact) mass is 398 g/mol. The number of rotatable bonds is 8. The highest BCUT2D eigenvalue weighted by Gasteiger charge is 2.27. The van der Waals surface area contributed by atoms with Crippen LogP contribution in [0.25, 0.3) is 6.08 Å². The summed E-state index contributed by atoms with van der Waals surface area (Å²) in [7, 11) is -3.45. The van der Waals surface area contributed by atoms with Crippen molar-refractivity contribution in [2.24, 2.45) is 0 Å². The third kappa shape index (κ3) is 5.53. The van der Waals surface area contributed by atoms with Crippen LogP contribution in [0.2, 0.25) is 0 Å². The molecule has 1 amide bonds. The lowest BCUT2D eigenvalue weighted by molar-refractivity contribution is -0.116. The third-order valence-electron chi connectivity index (χ3n) is 4.78. The van der Waals surface area contributed by atoms with Gasteiger partial charge in [0.05, 0.1) is 4.90 Å². The molecular weight excluding hydrogens is 372 g/mol. The second-order valence-corrected chi connectivity index (χ2v) is 9.48. The molecular formula is C22H26N2O3S. The summed E-state index contributed by atoms with van der Waals surface area (Å²) < 4.78 is 27.0. The van der Waals surface area contributed by atoms with Crippen LogP contribution in [0.1, 0.15) is 37.8 Å². The molecule has 0 atom stereocenters. The smallest absolute Gasteiger partial charge is 0.244 e. The Labute approximate surface area is 166 Å². The van der Waals surface area contributed by atoms with Gasteiger partial charge in [0.15, 0.2) is 0 Å². The zero-order valence-electron chi connectivity index (χ0n) is 16.2. The number of nitrogens with one attached hydrogen (secondary N) is 2. The predicted octanol–water partition coefficient (Wildman–Crippen LogP) is 3.23. The van der Waals surface area contributed by atoms with Gasteiger partial charge in [0.25, 0.3) is 0 Å². The Balaban J connectivity index is 1.55. The first kappa shape index (κ1) is 20.3. The van der Waals surface area contributed by atoms with Gasteiger partial charge >= 0.3 is 0 Å². The number of sulfonamides is 1. The third-order valence-corrected chi connectivity index (χ3v) is 6.31. The fraction of sp³-hybridized carbons (Fsp3) is 0.318. The van der Waals surface area contributed by atoms with E-state index in [2.05, 4.69) is 36.0 Å². The molecule has 28 heavy (non-hydrogen) atoms. The summed E-state index contributed by atoms with van der Waals surface area (Å²) in [5.74, 6) is -0.184. The van der Waals surface area contributed by atoms with Crippen LogP contribution < -0.4 is 10.0 Å². The molecule has 0 aliphatic heterocycles. The van der Waals surface area contributed by atoms with Gasteiger partial charge in [0.2, 0.25) is 15.9 Å². The lowest BCUT2D eigenvalue weighted by Crippen LogP contribution is -2.35. The summed E-state index contributed by atoms with van der Waals surface area (Å²) in [6.07, 6.45) is 4.94. The first-order valence-corrected chi connectivity index (χ1v) is 10.9. The van der Waals surface area contributed by atoms with Crippen LogP contribution in [0.15, 0.2) is 65.6 Å². The molecule has 148 valence electrons. The van der Waals surface area contributed by atoms with E-state index in [-0.39, 0.29) is 22.3 Å². The van der Waals surface area contributed by atoms with Crippen molar-refractivity contribution >= 4 is 22.0 Å². The van der Waals surface area contributed by atoms with Crippen molar-refractivity contribution < 1.29 is 13.2 Å². The zero-order chi connectivity index (χ0) is 20.2. The van der Waals surface area contributed by atoms with Crippen LogP contribution >= 0.6 is 0 Å². The molecule has 0 aromatic heterocycles. The fourth-order valence-electron chi connectivity index (χ4n) is 2.78. The van der Waals surface area contributed by atoms with Gasteiger partial charge in [-0.05, 0) is 42.2 Å². The first-order valence-electron chi connectivity index (χ1n) is 9.40. The Morgan fingerprint density at radius 1 is 1.07 bits per heavy atom. The van der Waals surface area contributed by atoms with Gasteiger partial charge in [-0.3, -0.25) is 4.79 Å². The van der Waals surface area contributed by atoms with Crippen LogP contribution in [-0.2, 0) is 20.2 Å². The quantitative estimate of drug-likeness (QED) is 0.671. The number of carbonyl (C=O) groups is 1. The van der Waals surface area contributed by atoms with Gasteiger partial charge in [-0.1, -0.05) is 56.3 Å². The van der Waals surface area contributed by atoms with E-state index in [1.165, 1.54) is 6.08 Å². The predicted molar refractivity (Wildman–Crippen MR) is 111 cm³/mol. The number of benzene rings is 2. The Hall–Kier alpha value is -2.44. The molecule has 0 spiro atoms. The molecule has 0 radical (unpaired) electrons. The Kier molecular flexibility index (Phi) is 6.01. The molecule has 1 aliphatic carbocycles. The molecule has 0 unspecified atom stereocenters. The number of amides is 1. The molecule has 0 heterocycles. The summed E-state index contributed by atoms with van der Waals surface area (Å²) in [5.41, 5.74) is 1.76. The van der Waals surface area contributed by atoms with Crippen molar-refractivity contribution in [1.82, 2.24) is 10.0 Å². The molecule has 2 aromatic rings. The van der Waals surface area contributed by atoms with Crippen molar-refractivity contribution in [3.63, 3.8) is 0 Å². The van der Waals surface area contributed by atoms with E-state index in [1.807, 2.05) is 18.2 Å². The highest BCUT2D eigenvalue weighted by atomic mass is 32.2. The summed E-state index contributed by atoms with van der Waals surface area (Å²) in [5, 5.41) is 2.92. The number of hydrogen-bond donors (Lipinski definition) is 2. The lowest BCUT2D eigenvalue weighted by atomic mass is 9.84. The molecule has 5 nitrogen and oxygen atoms in total. The zero-order valence-corrected chi connectivity index (χ0v) is 17.0. The van der Waals surface area contributed by atoms with Crippen LogP contribution in [-0.4, -0.2) is 26.9 Å². The van der Waals surface area contributed by atoms with Crippen molar-refractivity contribution in [3.05, 3.63) is 71.8 Å². The van der Waals surface area contributed by atoms with Crippen LogP contribution in [0, 0.1) is 0 Å². The molecule has 3 rings (SSSR count). The molecule has 0 saturated heterocycles. The van der Waals surface area contributed by atoms with Gasteiger partial charge in [0.1, 0.15) is 0 Å². The second kappa shape index (κ2) is 8.29. The van der Waals surface area contributed by atoms with Gasteiger partial charge in [-0.2, -0.15) is 0 Å². The molecule has 2 aromatic carbocycles. The maximum Gasteiger partial charge on any atom is 0.244 e. The molecule has 0 bridgehead atoms. The fourth-order valence-corrected chi connectivity index (χ4v) is 4.08. The van der Waals surface area contributed by atoms with Crippen molar-refractivity contribution in [2.75, 3.05) is 6.54 Å². The number of hydrogen-bond acceptors (Lipinski definition) is 3. The van der Waals surface area contributed by atoms with E-state index in [0.29, 0.717) is 6.54 Å². The lowest BCUT2D eigenvalue weighted by Gasteiger charge is -2.25. The van der Waals surface area contributed by atoms with Crippen molar-refractivity contribution in [3.8, 4) is 0 Å². The van der Waals surface area contributed by atoms with Crippen LogP contribution in [0.3, 0.4) is 0 Å². The SMILES string of the molecule is CC(C)(CNC(=O)/C=C/c1ccc(S(=O)(=O)NC2CC2)cc1)c1ccccc1. The minimum atomic E-state index is -3.45. The summed E-state index contributed by atoms with van der Waals surface area (Å²) >= 11 is 0. The minimum absolute atomic E-state index is 0.0772. The van der Waals surface area contributed by atoms with Crippen molar-refractivity contribution in [2.45, 2.75) is 43.0 Å². The first-order chi connectivity index (χ1) is 13.3. The molecule has 6 heteroatoms. The van der Waals surface area contributed by atoms with E-state index < -0.39 is 10.0 Å². The highest BCUT2D eigenvalue weighted by Crippen LogP contribution is 2.23.